The fraction of sp³-hybridized carbons (Fsp3) is 0.188. The quantitative estimate of drug-likeness (QED) is 0.875. The van der Waals surface area contributed by atoms with Gasteiger partial charge in [-0.1, -0.05) is 23.7 Å². The molecule has 0 saturated heterocycles. The Hall–Kier alpha value is -2.07. The lowest BCUT2D eigenvalue weighted by molar-refractivity contribution is 0.102. The Morgan fingerprint density at radius 2 is 2.05 bits per heavy atom. The normalized spacial score (nSPS) is 10.3. The Balaban J connectivity index is 2.34. The molecule has 0 atom stereocenters. The molecule has 0 bridgehead atoms. The van der Waals surface area contributed by atoms with Crippen LogP contribution in [0.15, 0.2) is 36.4 Å². The number of hydrogen-bond donors (Lipinski definition) is 2. The second-order valence-electron chi connectivity index (χ2n) is 4.61. The molecular weight excluding hydrogens is 291 g/mol. The second kappa shape index (κ2) is 6.59. The van der Waals surface area contributed by atoms with E-state index in [4.69, 9.17) is 11.6 Å². The summed E-state index contributed by atoms with van der Waals surface area (Å²) >= 11 is 5.94. The van der Waals surface area contributed by atoms with Crippen LogP contribution in [0.25, 0.3) is 0 Å². The SMILES string of the molecule is CCNc1ccc(Cl)cc1C(=O)Nc1c(C)cccc1F. The maximum absolute atomic E-state index is 13.8. The first-order valence-electron chi connectivity index (χ1n) is 6.62. The van der Waals surface area contributed by atoms with Crippen molar-refractivity contribution in [2.75, 3.05) is 17.2 Å². The van der Waals surface area contributed by atoms with Crippen LogP contribution in [0.2, 0.25) is 5.02 Å². The fourth-order valence-electron chi connectivity index (χ4n) is 2.02. The molecule has 0 spiro atoms. The van der Waals surface area contributed by atoms with Gasteiger partial charge in [0.1, 0.15) is 5.82 Å². The van der Waals surface area contributed by atoms with Gasteiger partial charge in [0.25, 0.3) is 5.91 Å². The van der Waals surface area contributed by atoms with Crippen LogP contribution in [0, 0.1) is 12.7 Å². The molecule has 2 aromatic rings. The first-order valence-corrected chi connectivity index (χ1v) is 7.00. The largest absolute Gasteiger partial charge is 0.385 e. The van der Waals surface area contributed by atoms with Crippen molar-refractivity contribution in [3.63, 3.8) is 0 Å². The zero-order valence-corrected chi connectivity index (χ0v) is 12.6. The van der Waals surface area contributed by atoms with Crippen molar-refractivity contribution < 1.29 is 9.18 Å². The Morgan fingerprint density at radius 1 is 1.29 bits per heavy atom. The summed E-state index contributed by atoms with van der Waals surface area (Å²) in [5, 5.41) is 6.15. The van der Waals surface area contributed by atoms with Crippen LogP contribution in [0.3, 0.4) is 0 Å². The Morgan fingerprint density at radius 3 is 2.71 bits per heavy atom. The predicted molar refractivity (Wildman–Crippen MR) is 84.7 cm³/mol. The standard InChI is InChI=1S/C16H16ClFN2O/c1-3-19-14-8-7-11(17)9-12(14)16(21)20-15-10(2)5-4-6-13(15)18/h4-9,19H,3H2,1-2H3,(H,20,21). The Bertz CT molecular complexity index is 653. The third-order valence-corrected chi connectivity index (χ3v) is 3.29. The van der Waals surface area contributed by atoms with Crippen LogP contribution >= 0.6 is 11.6 Å². The van der Waals surface area contributed by atoms with Gasteiger partial charge in [0.15, 0.2) is 0 Å². The van der Waals surface area contributed by atoms with Crippen molar-refractivity contribution in [3.8, 4) is 0 Å². The second-order valence-corrected chi connectivity index (χ2v) is 5.04. The van der Waals surface area contributed by atoms with Crippen molar-refractivity contribution in [1.29, 1.82) is 0 Å². The van der Waals surface area contributed by atoms with E-state index in [0.717, 1.165) is 0 Å². The fourth-order valence-corrected chi connectivity index (χ4v) is 2.19. The lowest BCUT2D eigenvalue weighted by Gasteiger charge is -2.13. The summed E-state index contributed by atoms with van der Waals surface area (Å²) in [7, 11) is 0. The highest BCUT2D eigenvalue weighted by Crippen LogP contribution is 2.24. The van der Waals surface area contributed by atoms with Crippen molar-refractivity contribution in [2.45, 2.75) is 13.8 Å². The predicted octanol–water partition coefficient (Wildman–Crippen LogP) is 4.47. The molecule has 0 aliphatic rings. The van der Waals surface area contributed by atoms with Crippen LogP contribution in [0.1, 0.15) is 22.8 Å². The van der Waals surface area contributed by atoms with Crippen molar-refractivity contribution in [1.82, 2.24) is 0 Å². The smallest absolute Gasteiger partial charge is 0.257 e. The maximum atomic E-state index is 13.8. The Kier molecular flexibility index (Phi) is 4.81. The van der Waals surface area contributed by atoms with Crippen LogP contribution in [-0.4, -0.2) is 12.5 Å². The van der Waals surface area contributed by atoms with Crippen LogP contribution < -0.4 is 10.6 Å². The van der Waals surface area contributed by atoms with E-state index in [0.29, 0.717) is 28.4 Å². The molecule has 3 nitrogen and oxygen atoms in total. The maximum Gasteiger partial charge on any atom is 0.257 e. The molecule has 110 valence electrons. The molecule has 0 aromatic heterocycles. The minimum atomic E-state index is -0.463. The van der Waals surface area contributed by atoms with E-state index in [2.05, 4.69) is 10.6 Å². The minimum absolute atomic E-state index is 0.185. The molecule has 2 N–H and O–H groups in total. The van der Waals surface area contributed by atoms with Gasteiger partial charge in [0.2, 0.25) is 0 Å². The lowest BCUT2D eigenvalue weighted by atomic mass is 10.1. The molecule has 0 aliphatic heterocycles. The first-order chi connectivity index (χ1) is 10.0. The van der Waals surface area contributed by atoms with Gasteiger partial charge in [0, 0.05) is 17.3 Å². The van der Waals surface area contributed by atoms with Gasteiger partial charge in [-0.05, 0) is 43.7 Å². The lowest BCUT2D eigenvalue weighted by Crippen LogP contribution is -2.16. The summed E-state index contributed by atoms with van der Waals surface area (Å²) in [6.07, 6.45) is 0. The highest BCUT2D eigenvalue weighted by Gasteiger charge is 2.15. The number of benzene rings is 2. The summed E-state index contributed by atoms with van der Waals surface area (Å²) in [6, 6.07) is 9.64. The molecule has 5 heteroatoms. The van der Waals surface area contributed by atoms with Crippen LogP contribution in [-0.2, 0) is 0 Å². The number of hydrogen-bond acceptors (Lipinski definition) is 2. The van der Waals surface area contributed by atoms with Crippen molar-refractivity contribution in [2.24, 2.45) is 0 Å². The minimum Gasteiger partial charge on any atom is -0.385 e. The van der Waals surface area contributed by atoms with Gasteiger partial charge >= 0.3 is 0 Å². The molecule has 21 heavy (non-hydrogen) atoms. The number of carbonyl (C=O) groups excluding carboxylic acids is 1. The number of nitrogens with one attached hydrogen (secondary N) is 2. The summed E-state index contributed by atoms with van der Waals surface area (Å²) in [6.45, 7) is 4.33. The molecule has 0 unspecified atom stereocenters. The van der Waals surface area contributed by atoms with Gasteiger partial charge in [-0.25, -0.2) is 4.39 Å². The first kappa shape index (κ1) is 15.3. The summed E-state index contributed by atoms with van der Waals surface area (Å²) in [5.41, 5.74) is 1.89. The molecule has 0 fully saturated rings. The van der Waals surface area contributed by atoms with Gasteiger partial charge in [-0.2, -0.15) is 0 Å². The van der Waals surface area contributed by atoms with Gasteiger partial charge in [0.05, 0.1) is 11.3 Å². The number of para-hydroxylation sites is 1. The number of carbonyl (C=O) groups is 1. The Labute approximate surface area is 128 Å². The topological polar surface area (TPSA) is 41.1 Å². The van der Waals surface area contributed by atoms with Crippen LogP contribution in [0.4, 0.5) is 15.8 Å². The molecule has 1 amide bonds. The van der Waals surface area contributed by atoms with Gasteiger partial charge in [-0.15, -0.1) is 0 Å². The van der Waals surface area contributed by atoms with Gasteiger partial charge in [-0.3, -0.25) is 4.79 Å². The molecule has 0 aliphatic carbocycles. The molecule has 0 heterocycles. The monoisotopic (exact) mass is 306 g/mol. The molecule has 2 rings (SSSR count). The van der Waals surface area contributed by atoms with E-state index >= 15 is 0 Å². The summed E-state index contributed by atoms with van der Waals surface area (Å²) in [5.74, 6) is -0.864. The average molecular weight is 307 g/mol. The van der Waals surface area contributed by atoms with Crippen LogP contribution in [0.5, 0.6) is 0 Å². The average Bonchev–Trinajstić information content (AvgIpc) is 2.45. The molecule has 0 radical (unpaired) electrons. The summed E-state index contributed by atoms with van der Waals surface area (Å²) < 4.78 is 13.8. The molecule has 2 aromatic carbocycles. The zero-order chi connectivity index (χ0) is 15.4. The number of halogens is 2. The third-order valence-electron chi connectivity index (χ3n) is 3.05. The van der Waals surface area contributed by atoms with E-state index in [9.17, 15) is 9.18 Å². The molecular formula is C16H16ClFN2O. The number of rotatable bonds is 4. The number of anilines is 2. The van der Waals surface area contributed by atoms with Crippen molar-refractivity contribution >= 4 is 28.9 Å². The highest BCUT2D eigenvalue weighted by molar-refractivity contribution is 6.31. The van der Waals surface area contributed by atoms with E-state index in [-0.39, 0.29) is 5.69 Å². The van der Waals surface area contributed by atoms with E-state index < -0.39 is 11.7 Å². The summed E-state index contributed by atoms with van der Waals surface area (Å²) in [4.78, 5) is 12.4. The van der Waals surface area contributed by atoms with Gasteiger partial charge < -0.3 is 10.6 Å². The van der Waals surface area contributed by atoms with E-state index in [1.54, 1.807) is 37.3 Å². The van der Waals surface area contributed by atoms with Crippen molar-refractivity contribution in [3.05, 3.63) is 58.4 Å². The number of aryl methyl sites for hydroxylation is 1. The molecule has 0 saturated carbocycles. The van der Waals surface area contributed by atoms with E-state index in [1.165, 1.54) is 6.07 Å². The zero-order valence-electron chi connectivity index (χ0n) is 11.8. The number of amides is 1. The highest BCUT2D eigenvalue weighted by atomic mass is 35.5. The van der Waals surface area contributed by atoms with E-state index in [1.807, 2.05) is 6.92 Å². The third kappa shape index (κ3) is 3.52.